The van der Waals surface area contributed by atoms with E-state index in [9.17, 15) is 0 Å². The summed E-state index contributed by atoms with van der Waals surface area (Å²) in [6.45, 7) is 6.51. The number of hydrogen-bond donors (Lipinski definition) is 2. The summed E-state index contributed by atoms with van der Waals surface area (Å²) >= 11 is 0. The lowest BCUT2D eigenvalue weighted by Gasteiger charge is -2.45. The Bertz CT molecular complexity index is 579. The number of piperidine rings is 1. The maximum atomic E-state index is 6.04. The van der Waals surface area contributed by atoms with Crippen molar-refractivity contribution in [3.05, 3.63) is 23.6 Å². The number of rotatable bonds is 5. The first-order valence-corrected chi connectivity index (χ1v) is 10.6. The van der Waals surface area contributed by atoms with Gasteiger partial charge in [0.2, 0.25) is 0 Å². The van der Waals surface area contributed by atoms with Crippen molar-refractivity contribution in [3.8, 4) is 0 Å². The summed E-state index contributed by atoms with van der Waals surface area (Å²) in [7, 11) is 2.18. The maximum Gasteiger partial charge on any atom is 0.196 e. The Labute approximate surface area is 163 Å². The second kappa shape index (κ2) is 8.52. The molecule has 4 aliphatic rings. The van der Waals surface area contributed by atoms with Crippen LogP contribution in [0.25, 0.3) is 0 Å². The molecule has 2 N–H and O–H groups in total. The third-order valence-corrected chi connectivity index (χ3v) is 6.52. The first kappa shape index (κ1) is 19.2. The molecule has 6 nitrogen and oxygen atoms in total. The summed E-state index contributed by atoms with van der Waals surface area (Å²) in [6.07, 6.45) is 10.5. The zero-order valence-electron chi connectivity index (χ0n) is 16.9. The highest BCUT2D eigenvalue weighted by molar-refractivity contribution is 5.19. The molecule has 2 saturated heterocycles. The SMILES string of the molecule is CCOC(C)OC1=CC[C@@H]2NC(C3=CNC4[C@@H](C3)OCCN4C)CCC2C1. The number of fused-ring (bicyclic) bond motifs is 2. The maximum absolute atomic E-state index is 6.04. The summed E-state index contributed by atoms with van der Waals surface area (Å²) < 4.78 is 17.5. The number of likely N-dealkylation sites (N-methyl/N-ethyl adjacent to an activating group) is 1. The van der Waals surface area contributed by atoms with E-state index in [1.54, 1.807) is 0 Å². The van der Waals surface area contributed by atoms with Crippen LogP contribution in [0.4, 0.5) is 0 Å². The van der Waals surface area contributed by atoms with Gasteiger partial charge in [-0.1, -0.05) is 0 Å². The van der Waals surface area contributed by atoms with Crippen LogP contribution in [0.1, 0.15) is 46.0 Å². The molecular formula is C21H35N3O3. The number of nitrogens with zero attached hydrogens (tertiary/aromatic N) is 1. The van der Waals surface area contributed by atoms with Gasteiger partial charge in [0.1, 0.15) is 6.17 Å². The third-order valence-electron chi connectivity index (χ3n) is 6.52. The predicted octanol–water partition coefficient (Wildman–Crippen LogP) is 2.33. The molecule has 0 amide bonds. The van der Waals surface area contributed by atoms with Crippen LogP contribution in [0.5, 0.6) is 0 Å². The highest BCUT2D eigenvalue weighted by Gasteiger charge is 2.38. The van der Waals surface area contributed by atoms with E-state index in [4.69, 9.17) is 14.2 Å². The molecule has 0 saturated carbocycles. The van der Waals surface area contributed by atoms with Crippen LogP contribution in [0.3, 0.4) is 0 Å². The molecule has 0 aromatic rings. The van der Waals surface area contributed by atoms with Gasteiger partial charge in [-0.3, -0.25) is 4.90 Å². The summed E-state index contributed by atoms with van der Waals surface area (Å²) in [6, 6.07) is 1.01. The van der Waals surface area contributed by atoms with Gasteiger partial charge in [-0.25, -0.2) is 0 Å². The Kier molecular flexibility index (Phi) is 6.07. The molecule has 0 bridgehead atoms. The largest absolute Gasteiger partial charge is 0.470 e. The van der Waals surface area contributed by atoms with Gasteiger partial charge in [-0.05, 0) is 63.9 Å². The molecule has 152 valence electrons. The van der Waals surface area contributed by atoms with Crippen molar-refractivity contribution in [1.82, 2.24) is 15.5 Å². The van der Waals surface area contributed by atoms with Crippen LogP contribution in [0, 0.1) is 5.92 Å². The highest BCUT2D eigenvalue weighted by Crippen LogP contribution is 2.36. The summed E-state index contributed by atoms with van der Waals surface area (Å²) in [5, 5.41) is 7.51. The Morgan fingerprint density at radius 2 is 2.22 bits per heavy atom. The van der Waals surface area contributed by atoms with Crippen LogP contribution < -0.4 is 10.6 Å². The van der Waals surface area contributed by atoms with Crippen molar-refractivity contribution in [1.29, 1.82) is 0 Å². The molecule has 6 atom stereocenters. The van der Waals surface area contributed by atoms with Gasteiger partial charge in [0.15, 0.2) is 6.29 Å². The summed E-state index contributed by atoms with van der Waals surface area (Å²) in [4.78, 5) is 2.36. The summed E-state index contributed by atoms with van der Waals surface area (Å²) in [5.74, 6) is 1.77. The first-order chi connectivity index (χ1) is 13.1. The zero-order chi connectivity index (χ0) is 18.8. The number of hydrogen-bond acceptors (Lipinski definition) is 6. The molecule has 1 aliphatic carbocycles. The Hall–Kier alpha value is -1.08. The van der Waals surface area contributed by atoms with Crippen LogP contribution in [-0.4, -0.2) is 62.3 Å². The van der Waals surface area contributed by atoms with E-state index in [1.165, 1.54) is 18.4 Å². The number of ether oxygens (including phenoxy) is 3. The van der Waals surface area contributed by atoms with E-state index < -0.39 is 0 Å². The Morgan fingerprint density at radius 3 is 3.07 bits per heavy atom. The second-order valence-electron chi connectivity index (χ2n) is 8.34. The minimum Gasteiger partial charge on any atom is -0.470 e. The molecule has 0 spiro atoms. The first-order valence-electron chi connectivity index (χ1n) is 10.6. The van der Waals surface area contributed by atoms with E-state index in [0.717, 1.165) is 38.2 Å². The molecule has 0 aromatic heterocycles. The fraction of sp³-hybridized carbons (Fsp3) is 0.810. The Balaban J connectivity index is 1.33. The average molecular weight is 378 g/mol. The van der Waals surface area contributed by atoms with Gasteiger partial charge >= 0.3 is 0 Å². The molecular weight excluding hydrogens is 342 g/mol. The molecule has 0 radical (unpaired) electrons. The number of morpholine rings is 1. The number of nitrogens with one attached hydrogen (secondary N) is 2. The van der Waals surface area contributed by atoms with Crippen LogP contribution in [-0.2, 0) is 14.2 Å². The van der Waals surface area contributed by atoms with E-state index in [1.807, 2.05) is 13.8 Å². The molecule has 4 rings (SSSR count). The smallest absolute Gasteiger partial charge is 0.196 e. The quantitative estimate of drug-likeness (QED) is 0.718. The highest BCUT2D eigenvalue weighted by atomic mass is 16.7. The molecule has 3 heterocycles. The fourth-order valence-corrected chi connectivity index (χ4v) is 5.03. The van der Waals surface area contributed by atoms with E-state index in [-0.39, 0.29) is 12.4 Å². The van der Waals surface area contributed by atoms with Crippen LogP contribution >= 0.6 is 0 Å². The normalized spacial score (nSPS) is 38.0. The topological polar surface area (TPSA) is 55.0 Å². The van der Waals surface area contributed by atoms with Crippen molar-refractivity contribution in [2.24, 2.45) is 5.92 Å². The lowest BCUT2D eigenvalue weighted by atomic mass is 9.78. The van der Waals surface area contributed by atoms with Gasteiger partial charge in [-0.15, -0.1) is 0 Å². The van der Waals surface area contributed by atoms with Crippen molar-refractivity contribution in [3.63, 3.8) is 0 Å². The van der Waals surface area contributed by atoms with Crippen LogP contribution in [0.15, 0.2) is 23.6 Å². The predicted molar refractivity (Wildman–Crippen MR) is 105 cm³/mol. The van der Waals surface area contributed by atoms with Crippen LogP contribution in [0.2, 0.25) is 0 Å². The van der Waals surface area contributed by atoms with E-state index in [0.29, 0.717) is 30.8 Å². The molecule has 27 heavy (non-hydrogen) atoms. The molecule has 6 heteroatoms. The standard InChI is InChI=1S/C21H35N3O3/c1-4-25-14(2)27-17-6-8-18-15(11-17)5-7-19(23-18)16-12-20-21(22-13-16)24(3)9-10-26-20/h6,13-15,18-23H,4-5,7-12H2,1-3H3/t14?,15?,18-,19?,20+,21?/m0/s1. The fourth-order valence-electron chi connectivity index (χ4n) is 5.03. The van der Waals surface area contributed by atoms with Gasteiger partial charge in [-0.2, -0.15) is 0 Å². The zero-order valence-corrected chi connectivity index (χ0v) is 16.9. The van der Waals surface area contributed by atoms with Crippen molar-refractivity contribution >= 4 is 0 Å². The van der Waals surface area contributed by atoms with Crippen molar-refractivity contribution in [2.45, 2.75) is 76.6 Å². The minimum atomic E-state index is -0.151. The summed E-state index contributed by atoms with van der Waals surface area (Å²) in [5.41, 5.74) is 1.47. The van der Waals surface area contributed by atoms with Gasteiger partial charge < -0.3 is 24.8 Å². The van der Waals surface area contributed by atoms with Crippen molar-refractivity contribution < 1.29 is 14.2 Å². The minimum absolute atomic E-state index is 0.151. The number of allylic oxidation sites excluding steroid dienone is 1. The van der Waals surface area contributed by atoms with E-state index in [2.05, 4.69) is 34.9 Å². The van der Waals surface area contributed by atoms with E-state index >= 15 is 0 Å². The Morgan fingerprint density at radius 1 is 1.33 bits per heavy atom. The third kappa shape index (κ3) is 4.34. The van der Waals surface area contributed by atoms with Gasteiger partial charge in [0.05, 0.1) is 18.5 Å². The second-order valence-corrected chi connectivity index (χ2v) is 8.34. The van der Waals surface area contributed by atoms with Crippen molar-refractivity contribution in [2.75, 3.05) is 26.8 Å². The molecule has 3 aliphatic heterocycles. The lowest BCUT2D eigenvalue weighted by Crippen LogP contribution is -2.59. The van der Waals surface area contributed by atoms with Gasteiger partial charge in [0.25, 0.3) is 0 Å². The molecule has 0 aromatic carbocycles. The average Bonchev–Trinajstić information content (AvgIpc) is 2.67. The lowest BCUT2D eigenvalue weighted by molar-refractivity contribution is -0.104. The molecule has 2 fully saturated rings. The van der Waals surface area contributed by atoms with Gasteiger partial charge in [0, 0.05) is 38.1 Å². The molecule has 4 unspecified atom stereocenters. The monoisotopic (exact) mass is 377 g/mol.